The van der Waals surface area contributed by atoms with Crippen LogP contribution in [0.2, 0.25) is 0 Å². The predicted octanol–water partition coefficient (Wildman–Crippen LogP) is 3.24. The molecule has 1 amide bonds. The Morgan fingerprint density at radius 2 is 1.78 bits per heavy atom. The van der Waals surface area contributed by atoms with Crippen molar-refractivity contribution >= 4 is 16.9 Å². The smallest absolute Gasteiger partial charge is 0.243 e. The number of imidazole rings is 2. The van der Waals surface area contributed by atoms with Crippen molar-refractivity contribution < 1.29 is 4.79 Å². The zero-order chi connectivity index (χ0) is 18.8. The van der Waals surface area contributed by atoms with Crippen LogP contribution in [0.15, 0.2) is 73.3 Å². The van der Waals surface area contributed by atoms with Crippen LogP contribution in [-0.2, 0) is 11.8 Å². The number of aromatic nitrogens is 4. The van der Waals surface area contributed by atoms with Crippen molar-refractivity contribution in [3.63, 3.8) is 0 Å². The minimum absolute atomic E-state index is 0.0880. The first-order valence-corrected chi connectivity index (χ1v) is 8.89. The van der Waals surface area contributed by atoms with Gasteiger partial charge in [0.05, 0.1) is 17.4 Å². The van der Waals surface area contributed by atoms with Crippen molar-refractivity contribution in [2.24, 2.45) is 7.05 Å². The number of nitrogens with one attached hydrogen (secondary N) is 1. The minimum Gasteiger partial charge on any atom is -0.340 e. The first kappa shape index (κ1) is 17.0. The lowest BCUT2D eigenvalue weighted by molar-refractivity contribution is -0.124. The van der Waals surface area contributed by atoms with Crippen molar-refractivity contribution in [2.75, 3.05) is 0 Å². The predicted molar refractivity (Wildman–Crippen MR) is 104 cm³/mol. The Morgan fingerprint density at radius 1 is 1.04 bits per heavy atom. The number of para-hydroxylation sites is 2. The van der Waals surface area contributed by atoms with Crippen LogP contribution in [-0.4, -0.2) is 25.0 Å². The third kappa shape index (κ3) is 3.21. The average molecular weight is 359 g/mol. The van der Waals surface area contributed by atoms with Gasteiger partial charge in [-0.1, -0.05) is 42.5 Å². The number of amides is 1. The Hall–Kier alpha value is -3.41. The standard InChI is InChI=1S/C21H21N5O/c1-15(26-14-23-17-10-6-7-11-18(17)26)21(27)24-19(16-8-4-3-5-9-16)20-22-12-13-25(20)2/h3-15,19H,1-2H3,(H,24,27). The fourth-order valence-electron chi connectivity index (χ4n) is 3.27. The van der Waals surface area contributed by atoms with Crippen LogP contribution in [0, 0.1) is 0 Å². The minimum atomic E-state index is -0.399. The summed E-state index contributed by atoms with van der Waals surface area (Å²) >= 11 is 0. The molecule has 2 aromatic heterocycles. The normalized spacial score (nSPS) is 13.4. The molecule has 6 heteroatoms. The van der Waals surface area contributed by atoms with Gasteiger partial charge in [-0.25, -0.2) is 9.97 Å². The van der Waals surface area contributed by atoms with E-state index in [4.69, 9.17) is 0 Å². The lowest BCUT2D eigenvalue weighted by Crippen LogP contribution is -2.35. The summed E-state index contributed by atoms with van der Waals surface area (Å²) in [4.78, 5) is 21.9. The molecule has 0 spiro atoms. The van der Waals surface area contributed by atoms with Gasteiger partial charge in [0.2, 0.25) is 5.91 Å². The Labute approximate surface area is 157 Å². The van der Waals surface area contributed by atoms with Gasteiger partial charge in [-0.3, -0.25) is 4.79 Å². The molecule has 2 heterocycles. The van der Waals surface area contributed by atoms with E-state index in [1.54, 1.807) is 12.5 Å². The number of fused-ring (bicyclic) bond motifs is 1. The molecule has 0 radical (unpaired) electrons. The van der Waals surface area contributed by atoms with E-state index in [-0.39, 0.29) is 11.9 Å². The molecule has 27 heavy (non-hydrogen) atoms. The van der Waals surface area contributed by atoms with Crippen molar-refractivity contribution in [3.8, 4) is 0 Å². The van der Waals surface area contributed by atoms with Gasteiger partial charge in [0.15, 0.2) is 0 Å². The first-order valence-electron chi connectivity index (χ1n) is 8.89. The molecule has 0 fully saturated rings. The van der Waals surface area contributed by atoms with Gasteiger partial charge >= 0.3 is 0 Å². The Bertz CT molecular complexity index is 1070. The summed E-state index contributed by atoms with van der Waals surface area (Å²) in [6.45, 7) is 1.88. The molecule has 0 aliphatic heterocycles. The van der Waals surface area contributed by atoms with Gasteiger partial charge in [-0.05, 0) is 24.6 Å². The Morgan fingerprint density at radius 3 is 2.52 bits per heavy atom. The SMILES string of the molecule is CC(C(=O)NC(c1ccccc1)c1nccn1C)n1cnc2ccccc21. The van der Waals surface area contributed by atoms with Crippen molar-refractivity contribution in [1.29, 1.82) is 0 Å². The molecule has 1 N–H and O–H groups in total. The molecule has 136 valence electrons. The van der Waals surface area contributed by atoms with E-state index in [9.17, 15) is 4.79 Å². The van der Waals surface area contributed by atoms with Gasteiger partial charge < -0.3 is 14.5 Å². The number of aryl methyl sites for hydroxylation is 1. The number of carbonyl (C=O) groups is 1. The molecule has 2 atom stereocenters. The van der Waals surface area contributed by atoms with E-state index >= 15 is 0 Å². The van der Waals surface area contributed by atoms with E-state index in [1.807, 2.05) is 83.9 Å². The molecular formula is C21H21N5O. The first-order chi connectivity index (χ1) is 13.1. The monoisotopic (exact) mass is 359 g/mol. The van der Waals surface area contributed by atoms with Crippen LogP contribution in [0.25, 0.3) is 11.0 Å². The zero-order valence-corrected chi connectivity index (χ0v) is 15.3. The summed E-state index contributed by atoms with van der Waals surface area (Å²) in [6.07, 6.45) is 5.33. The second-order valence-corrected chi connectivity index (χ2v) is 6.57. The highest BCUT2D eigenvalue weighted by Crippen LogP contribution is 2.23. The number of hydrogen-bond donors (Lipinski definition) is 1. The molecule has 4 aromatic rings. The number of benzene rings is 2. The van der Waals surface area contributed by atoms with E-state index in [2.05, 4.69) is 15.3 Å². The lowest BCUT2D eigenvalue weighted by Gasteiger charge is -2.22. The molecule has 0 aliphatic rings. The third-order valence-corrected chi connectivity index (χ3v) is 4.81. The average Bonchev–Trinajstić information content (AvgIpc) is 3.32. The maximum atomic E-state index is 13.1. The van der Waals surface area contributed by atoms with Crippen molar-refractivity contribution in [2.45, 2.75) is 19.0 Å². The second-order valence-electron chi connectivity index (χ2n) is 6.57. The van der Waals surface area contributed by atoms with E-state index < -0.39 is 6.04 Å². The highest BCUT2D eigenvalue weighted by molar-refractivity contribution is 5.84. The van der Waals surface area contributed by atoms with Gasteiger partial charge in [0, 0.05) is 19.4 Å². The number of rotatable bonds is 5. The van der Waals surface area contributed by atoms with E-state index in [1.165, 1.54) is 0 Å². The summed E-state index contributed by atoms with van der Waals surface area (Å²) in [5, 5.41) is 3.16. The molecule has 4 rings (SSSR count). The molecule has 2 aromatic carbocycles. The van der Waals surface area contributed by atoms with Crippen LogP contribution in [0.5, 0.6) is 0 Å². The molecule has 0 aliphatic carbocycles. The van der Waals surface area contributed by atoms with Gasteiger partial charge in [-0.15, -0.1) is 0 Å². The van der Waals surface area contributed by atoms with Crippen LogP contribution in [0.1, 0.15) is 30.4 Å². The van der Waals surface area contributed by atoms with Crippen LogP contribution < -0.4 is 5.32 Å². The fraction of sp³-hybridized carbons (Fsp3) is 0.190. The molecule has 0 bridgehead atoms. The highest BCUT2D eigenvalue weighted by Gasteiger charge is 2.24. The quantitative estimate of drug-likeness (QED) is 0.595. The van der Waals surface area contributed by atoms with Gasteiger partial charge in [0.25, 0.3) is 0 Å². The molecule has 0 saturated heterocycles. The highest BCUT2D eigenvalue weighted by atomic mass is 16.2. The Kier molecular flexibility index (Phi) is 4.46. The van der Waals surface area contributed by atoms with Gasteiger partial charge in [-0.2, -0.15) is 0 Å². The number of carbonyl (C=O) groups excluding carboxylic acids is 1. The maximum Gasteiger partial charge on any atom is 0.243 e. The number of hydrogen-bond acceptors (Lipinski definition) is 3. The molecule has 6 nitrogen and oxygen atoms in total. The molecule has 2 unspecified atom stereocenters. The summed E-state index contributed by atoms with van der Waals surface area (Å²) < 4.78 is 3.82. The summed E-state index contributed by atoms with van der Waals surface area (Å²) in [7, 11) is 1.93. The Balaban J connectivity index is 1.65. The maximum absolute atomic E-state index is 13.1. The van der Waals surface area contributed by atoms with Crippen molar-refractivity contribution in [3.05, 3.63) is 84.7 Å². The van der Waals surface area contributed by atoms with E-state index in [0.717, 1.165) is 22.4 Å². The van der Waals surface area contributed by atoms with Crippen LogP contribution >= 0.6 is 0 Å². The zero-order valence-electron chi connectivity index (χ0n) is 15.3. The topological polar surface area (TPSA) is 64.7 Å². The van der Waals surface area contributed by atoms with E-state index in [0.29, 0.717) is 0 Å². The van der Waals surface area contributed by atoms with Gasteiger partial charge in [0.1, 0.15) is 17.9 Å². The molecular weight excluding hydrogens is 338 g/mol. The fourth-order valence-corrected chi connectivity index (χ4v) is 3.27. The van der Waals surface area contributed by atoms with Crippen LogP contribution in [0.3, 0.4) is 0 Å². The van der Waals surface area contributed by atoms with Crippen molar-refractivity contribution in [1.82, 2.24) is 24.4 Å². The summed E-state index contributed by atoms with van der Waals surface area (Å²) in [5.41, 5.74) is 2.80. The van der Waals surface area contributed by atoms with Crippen LogP contribution in [0.4, 0.5) is 0 Å². The lowest BCUT2D eigenvalue weighted by atomic mass is 10.1. The summed E-state index contributed by atoms with van der Waals surface area (Å²) in [5.74, 6) is 0.701. The molecule has 0 saturated carbocycles. The summed E-state index contributed by atoms with van der Waals surface area (Å²) in [6, 6.07) is 17.0. The largest absolute Gasteiger partial charge is 0.340 e. The number of nitrogens with zero attached hydrogens (tertiary/aromatic N) is 4. The third-order valence-electron chi connectivity index (χ3n) is 4.81. The second kappa shape index (κ2) is 7.07.